The molecule has 0 saturated carbocycles. The Hall–Kier alpha value is -1.48. The number of ether oxygens (including phenoxy) is 1. The van der Waals surface area contributed by atoms with E-state index in [1.54, 1.807) is 0 Å². The minimum atomic E-state index is -2.02. The number of hydrogen-bond donors (Lipinski definition) is 1. The van der Waals surface area contributed by atoms with Crippen LogP contribution >= 0.6 is 0 Å². The zero-order valence-corrected chi connectivity index (χ0v) is 20.5. The van der Waals surface area contributed by atoms with Crippen LogP contribution in [0.1, 0.15) is 60.8 Å². The fourth-order valence-corrected chi connectivity index (χ4v) is 4.14. The lowest BCUT2D eigenvalue weighted by Gasteiger charge is -2.37. The molecule has 1 fully saturated rings. The first-order valence-electron chi connectivity index (χ1n) is 10.3. The Labute approximate surface area is 179 Å². The van der Waals surface area contributed by atoms with E-state index >= 15 is 0 Å². The summed E-state index contributed by atoms with van der Waals surface area (Å²) in [5, 5.41) is 9.65. The first kappa shape index (κ1) is 26.6. The van der Waals surface area contributed by atoms with Crippen LogP contribution < -0.4 is 0 Å². The van der Waals surface area contributed by atoms with Crippen LogP contribution in [0.25, 0.3) is 0 Å². The van der Waals surface area contributed by atoms with Gasteiger partial charge in [0.25, 0.3) is 6.08 Å². The van der Waals surface area contributed by atoms with E-state index in [4.69, 9.17) is 9.16 Å². The SMILES string of the molecule is CC(C)(C)COC(=O)C1(CCCO[Si](C)(C)C(C)(C)C)CC(=C(F)F)CN1C(=O)O. The van der Waals surface area contributed by atoms with Gasteiger partial charge in [-0.2, -0.15) is 8.78 Å². The summed E-state index contributed by atoms with van der Waals surface area (Å²) in [5.74, 6) is -0.775. The summed E-state index contributed by atoms with van der Waals surface area (Å²) in [5.41, 5.74) is -2.33. The Morgan fingerprint density at radius 2 is 1.73 bits per heavy atom. The molecule has 1 aliphatic heterocycles. The van der Waals surface area contributed by atoms with Crippen LogP contribution in [0.15, 0.2) is 11.7 Å². The number of rotatable bonds is 7. The van der Waals surface area contributed by atoms with Crippen molar-refractivity contribution in [1.29, 1.82) is 0 Å². The van der Waals surface area contributed by atoms with Crippen LogP contribution in [0.2, 0.25) is 18.1 Å². The zero-order valence-electron chi connectivity index (χ0n) is 19.5. The molecule has 1 heterocycles. The molecule has 1 rings (SSSR count). The number of hydrogen-bond acceptors (Lipinski definition) is 4. The lowest BCUT2D eigenvalue weighted by Crippen LogP contribution is -2.54. The van der Waals surface area contributed by atoms with Gasteiger partial charge in [-0.25, -0.2) is 9.59 Å². The van der Waals surface area contributed by atoms with E-state index in [0.717, 1.165) is 4.90 Å². The monoisotopic (exact) mass is 449 g/mol. The van der Waals surface area contributed by atoms with Crippen molar-refractivity contribution in [1.82, 2.24) is 4.90 Å². The molecule has 174 valence electrons. The van der Waals surface area contributed by atoms with Gasteiger partial charge in [0.1, 0.15) is 5.54 Å². The van der Waals surface area contributed by atoms with Gasteiger partial charge in [0.15, 0.2) is 8.32 Å². The molecule has 1 aliphatic rings. The number of carbonyl (C=O) groups is 2. The molecule has 6 nitrogen and oxygen atoms in total. The molecule has 0 aromatic rings. The summed E-state index contributed by atoms with van der Waals surface area (Å²) >= 11 is 0. The number of carboxylic acid groups (broad SMARTS) is 1. The summed E-state index contributed by atoms with van der Waals surface area (Å²) in [6, 6.07) is 0. The molecule has 1 atom stereocenters. The average Bonchev–Trinajstić information content (AvgIpc) is 2.96. The molecule has 1 amide bonds. The summed E-state index contributed by atoms with van der Waals surface area (Å²) in [6.07, 6.45) is -3.28. The van der Waals surface area contributed by atoms with Crippen LogP contribution in [0.3, 0.4) is 0 Å². The van der Waals surface area contributed by atoms with Crippen molar-refractivity contribution in [3.8, 4) is 0 Å². The second kappa shape index (κ2) is 9.34. The van der Waals surface area contributed by atoms with Crippen molar-refractivity contribution in [3.05, 3.63) is 11.7 Å². The summed E-state index contributed by atoms with van der Waals surface area (Å²) in [6.45, 7) is 16.0. The topological polar surface area (TPSA) is 76.1 Å². The van der Waals surface area contributed by atoms with Gasteiger partial charge in [0.05, 0.1) is 13.2 Å². The molecule has 0 aromatic heterocycles. The van der Waals surface area contributed by atoms with Crippen molar-refractivity contribution < 1.29 is 32.6 Å². The Bertz CT molecular complexity index is 678. The van der Waals surface area contributed by atoms with Gasteiger partial charge in [-0.15, -0.1) is 0 Å². The second-order valence-corrected chi connectivity index (χ2v) is 15.6. The maximum absolute atomic E-state index is 13.3. The molecule has 1 saturated heterocycles. The second-order valence-electron chi connectivity index (χ2n) is 10.8. The third-order valence-corrected chi connectivity index (χ3v) is 10.4. The van der Waals surface area contributed by atoms with E-state index in [9.17, 15) is 23.5 Å². The highest BCUT2D eigenvalue weighted by atomic mass is 28.4. The van der Waals surface area contributed by atoms with Crippen molar-refractivity contribution in [2.24, 2.45) is 5.41 Å². The molecule has 30 heavy (non-hydrogen) atoms. The molecule has 0 radical (unpaired) electrons. The van der Waals surface area contributed by atoms with Crippen LogP contribution in [-0.2, 0) is 14.0 Å². The van der Waals surface area contributed by atoms with E-state index in [2.05, 4.69) is 33.9 Å². The van der Waals surface area contributed by atoms with Gasteiger partial charge in [0.2, 0.25) is 0 Å². The maximum Gasteiger partial charge on any atom is 0.408 e. The molecular formula is C21H37F2NO5Si. The fourth-order valence-electron chi connectivity index (χ4n) is 3.06. The molecular weight excluding hydrogens is 412 g/mol. The largest absolute Gasteiger partial charge is 0.465 e. The molecule has 9 heteroatoms. The minimum absolute atomic E-state index is 0.00402. The standard InChI is InChI=1S/C21H37F2NO5Si/c1-19(2,3)14-28-17(25)21(10-9-11-29-30(7,8)20(4,5)6)12-15(16(22)23)13-24(21)18(26)27/h9-14H2,1-8H3,(H,26,27). The predicted octanol–water partition coefficient (Wildman–Crippen LogP) is 5.65. The Morgan fingerprint density at radius 1 is 1.17 bits per heavy atom. The first-order chi connectivity index (χ1) is 13.4. The van der Waals surface area contributed by atoms with Crippen molar-refractivity contribution in [3.63, 3.8) is 0 Å². The van der Waals surface area contributed by atoms with Crippen molar-refractivity contribution in [2.45, 2.75) is 84.5 Å². The summed E-state index contributed by atoms with van der Waals surface area (Å²) in [4.78, 5) is 25.7. The third kappa shape index (κ3) is 6.51. The summed E-state index contributed by atoms with van der Waals surface area (Å²) < 4.78 is 38.2. The highest BCUT2D eigenvalue weighted by molar-refractivity contribution is 6.74. The van der Waals surface area contributed by atoms with Crippen molar-refractivity contribution >= 4 is 20.4 Å². The number of halogens is 2. The fraction of sp³-hybridized carbons (Fsp3) is 0.810. The van der Waals surface area contributed by atoms with Gasteiger partial charge in [0, 0.05) is 18.6 Å². The van der Waals surface area contributed by atoms with Gasteiger partial charge >= 0.3 is 12.1 Å². The van der Waals surface area contributed by atoms with Crippen LogP contribution in [0.5, 0.6) is 0 Å². The van der Waals surface area contributed by atoms with E-state index in [0.29, 0.717) is 13.0 Å². The molecule has 0 aromatic carbocycles. The molecule has 1 N–H and O–H groups in total. The smallest absolute Gasteiger partial charge is 0.408 e. The molecule has 0 aliphatic carbocycles. The van der Waals surface area contributed by atoms with E-state index in [-0.39, 0.29) is 35.5 Å². The molecule has 0 spiro atoms. The zero-order chi connectivity index (χ0) is 23.5. The number of carbonyl (C=O) groups excluding carboxylic acids is 1. The quantitative estimate of drug-likeness (QED) is 0.309. The minimum Gasteiger partial charge on any atom is -0.465 e. The van der Waals surface area contributed by atoms with Crippen LogP contribution in [0.4, 0.5) is 13.6 Å². The van der Waals surface area contributed by atoms with E-state index in [1.807, 2.05) is 20.8 Å². The van der Waals surface area contributed by atoms with Gasteiger partial charge in [-0.1, -0.05) is 41.5 Å². The predicted molar refractivity (Wildman–Crippen MR) is 114 cm³/mol. The lowest BCUT2D eigenvalue weighted by molar-refractivity contribution is -0.159. The highest BCUT2D eigenvalue weighted by Gasteiger charge is 2.54. The number of likely N-dealkylation sites (tertiary alicyclic amines) is 1. The van der Waals surface area contributed by atoms with E-state index in [1.165, 1.54) is 0 Å². The van der Waals surface area contributed by atoms with Crippen molar-refractivity contribution in [2.75, 3.05) is 19.8 Å². The average molecular weight is 450 g/mol. The number of amides is 1. The molecule has 0 bridgehead atoms. The van der Waals surface area contributed by atoms with Gasteiger partial charge < -0.3 is 14.3 Å². The Balaban J connectivity index is 3.08. The Kier molecular flexibility index (Phi) is 8.27. The summed E-state index contributed by atoms with van der Waals surface area (Å²) in [7, 11) is -2.02. The lowest BCUT2D eigenvalue weighted by atomic mass is 9.89. The van der Waals surface area contributed by atoms with Gasteiger partial charge in [-0.3, -0.25) is 4.90 Å². The first-order valence-corrected chi connectivity index (χ1v) is 13.2. The molecule has 1 unspecified atom stereocenters. The van der Waals surface area contributed by atoms with E-state index < -0.39 is 38.5 Å². The Morgan fingerprint density at radius 3 is 2.17 bits per heavy atom. The third-order valence-electron chi connectivity index (χ3n) is 5.89. The normalized spacial score (nSPS) is 20.5. The highest BCUT2D eigenvalue weighted by Crippen LogP contribution is 2.41. The van der Waals surface area contributed by atoms with Gasteiger partial charge in [-0.05, 0) is 36.4 Å². The number of esters is 1. The maximum atomic E-state index is 13.3. The van der Waals surface area contributed by atoms with Crippen LogP contribution in [-0.4, -0.2) is 55.7 Å². The number of nitrogens with zero attached hydrogens (tertiary/aromatic N) is 1. The van der Waals surface area contributed by atoms with Crippen LogP contribution in [0, 0.1) is 5.41 Å².